The smallest absolute Gasteiger partial charge is 0.224 e. The van der Waals surface area contributed by atoms with Crippen molar-refractivity contribution in [3.8, 4) is 0 Å². The molecule has 0 aliphatic heterocycles. The highest BCUT2D eigenvalue weighted by Crippen LogP contribution is 2.55. The van der Waals surface area contributed by atoms with Crippen molar-refractivity contribution in [2.24, 2.45) is 17.8 Å². The first-order valence-electron chi connectivity index (χ1n) is 10.0. The molecule has 2 aromatic carbocycles. The van der Waals surface area contributed by atoms with E-state index in [0.717, 1.165) is 29.5 Å². The van der Waals surface area contributed by atoms with E-state index >= 15 is 0 Å². The van der Waals surface area contributed by atoms with E-state index in [0.29, 0.717) is 11.8 Å². The summed E-state index contributed by atoms with van der Waals surface area (Å²) >= 11 is 0. The average Bonchev–Trinajstić information content (AvgIpc) is 3.41. The Morgan fingerprint density at radius 3 is 2.25 bits per heavy atom. The number of nitrogens with one attached hydrogen (secondary N) is 1. The molecule has 2 saturated carbocycles. The van der Waals surface area contributed by atoms with E-state index in [9.17, 15) is 13.2 Å². The predicted octanol–water partition coefficient (Wildman–Crippen LogP) is 4.04. The zero-order valence-electron chi connectivity index (χ0n) is 16.4. The summed E-state index contributed by atoms with van der Waals surface area (Å²) in [5.74, 6) is 1.30. The van der Waals surface area contributed by atoms with Crippen LogP contribution >= 0.6 is 0 Å². The van der Waals surface area contributed by atoms with Gasteiger partial charge in [-0.3, -0.25) is 4.79 Å². The van der Waals surface area contributed by atoms with Gasteiger partial charge in [-0.15, -0.1) is 0 Å². The third kappa shape index (κ3) is 3.86. The first-order valence-corrected chi connectivity index (χ1v) is 11.9. The number of aryl methyl sites for hydroxylation is 1. The fourth-order valence-corrected chi connectivity index (χ4v) is 5.34. The number of hydrogen-bond acceptors (Lipinski definition) is 3. The summed E-state index contributed by atoms with van der Waals surface area (Å²) in [5.41, 5.74) is 2.91. The molecule has 0 spiro atoms. The minimum Gasteiger partial charge on any atom is -0.345 e. The molecule has 1 N–H and O–H groups in total. The van der Waals surface area contributed by atoms with Crippen LogP contribution in [0, 0.1) is 24.7 Å². The molecule has 2 fully saturated rings. The predicted molar refractivity (Wildman–Crippen MR) is 110 cm³/mol. The second-order valence-electron chi connectivity index (χ2n) is 8.33. The third-order valence-electron chi connectivity index (χ3n) is 6.28. The number of amides is 1. The molecule has 0 saturated heterocycles. The van der Waals surface area contributed by atoms with Crippen LogP contribution in [0.1, 0.15) is 48.4 Å². The van der Waals surface area contributed by atoms with Crippen LogP contribution in [0.5, 0.6) is 0 Å². The van der Waals surface area contributed by atoms with Gasteiger partial charge in [0, 0.05) is 12.2 Å². The number of rotatable bonds is 5. The molecule has 28 heavy (non-hydrogen) atoms. The summed E-state index contributed by atoms with van der Waals surface area (Å²) < 4.78 is 24.0. The average molecular weight is 398 g/mol. The van der Waals surface area contributed by atoms with Gasteiger partial charge in [0.1, 0.15) is 0 Å². The van der Waals surface area contributed by atoms with Crippen LogP contribution in [0.2, 0.25) is 0 Å². The van der Waals surface area contributed by atoms with Crippen LogP contribution in [0.25, 0.3) is 0 Å². The van der Waals surface area contributed by atoms with Crippen LogP contribution in [0.4, 0.5) is 0 Å². The van der Waals surface area contributed by atoms with Crippen LogP contribution < -0.4 is 5.32 Å². The van der Waals surface area contributed by atoms with Crippen LogP contribution in [-0.4, -0.2) is 20.6 Å². The van der Waals surface area contributed by atoms with E-state index in [1.54, 1.807) is 18.2 Å². The van der Waals surface area contributed by atoms with Gasteiger partial charge in [0.05, 0.1) is 10.9 Å². The van der Waals surface area contributed by atoms with E-state index in [1.165, 1.54) is 19.1 Å². The maximum Gasteiger partial charge on any atom is 0.224 e. The van der Waals surface area contributed by atoms with Crippen LogP contribution in [0.3, 0.4) is 0 Å². The molecule has 4 atom stereocenters. The Labute approximate surface area is 167 Å². The van der Waals surface area contributed by atoms with Crippen molar-refractivity contribution < 1.29 is 13.2 Å². The summed E-state index contributed by atoms with van der Waals surface area (Å²) in [6.45, 7) is 2.02. The minimum absolute atomic E-state index is 0.104. The third-order valence-corrected chi connectivity index (χ3v) is 7.39. The maximum atomic E-state index is 13.0. The lowest BCUT2D eigenvalue weighted by Crippen LogP contribution is -2.31. The van der Waals surface area contributed by atoms with E-state index in [-0.39, 0.29) is 22.8 Å². The molecule has 4 rings (SSSR count). The molecule has 2 aliphatic carbocycles. The Kier molecular flexibility index (Phi) is 5.04. The number of hydrogen-bond donors (Lipinski definition) is 1. The maximum absolute atomic E-state index is 13.0. The molecular formula is C23H27NO3S. The normalized spacial score (nSPS) is 24.9. The Hall–Kier alpha value is -2.14. The Bertz CT molecular complexity index is 969. The highest BCUT2D eigenvalue weighted by atomic mass is 32.2. The van der Waals surface area contributed by atoms with Gasteiger partial charge in [-0.2, -0.15) is 0 Å². The monoisotopic (exact) mass is 397 g/mol. The molecule has 5 heteroatoms. The van der Waals surface area contributed by atoms with Crippen molar-refractivity contribution in [3.05, 3.63) is 65.2 Å². The summed E-state index contributed by atoms with van der Waals surface area (Å²) in [7, 11) is -3.31. The zero-order chi connectivity index (χ0) is 19.9. The summed E-state index contributed by atoms with van der Waals surface area (Å²) in [6.07, 6.45) is 5.97. The number of carbonyl (C=O) groups excluding carboxylic acids is 1. The van der Waals surface area contributed by atoms with Crippen LogP contribution in [-0.2, 0) is 14.6 Å². The second kappa shape index (κ2) is 7.36. The molecular weight excluding hydrogens is 370 g/mol. The Balaban J connectivity index is 1.65. The minimum atomic E-state index is -3.31. The van der Waals surface area contributed by atoms with Gasteiger partial charge in [0.2, 0.25) is 5.91 Å². The molecule has 0 radical (unpaired) electrons. The Morgan fingerprint density at radius 1 is 1.00 bits per heavy atom. The SMILES string of the molecule is Cc1ccc([C@H](NC(=O)C2[C@H]3CCCC[C@@H]23)c2cccc(S(C)(=O)=O)c2)cc1. The lowest BCUT2D eigenvalue weighted by atomic mass is 9.97. The zero-order valence-corrected chi connectivity index (χ0v) is 17.2. The second-order valence-corrected chi connectivity index (χ2v) is 10.4. The van der Waals surface area contributed by atoms with Crippen molar-refractivity contribution in [1.29, 1.82) is 0 Å². The molecule has 148 valence electrons. The van der Waals surface area contributed by atoms with Gasteiger partial charge in [0.15, 0.2) is 9.84 Å². The molecule has 1 unspecified atom stereocenters. The quantitative estimate of drug-likeness (QED) is 0.828. The van der Waals surface area contributed by atoms with Crippen molar-refractivity contribution in [2.75, 3.05) is 6.26 Å². The van der Waals surface area contributed by atoms with Crippen molar-refractivity contribution >= 4 is 15.7 Å². The van der Waals surface area contributed by atoms with Gasteiger partial charge in [-0.05, 0) is 54.9 Å². The summed E-state index contributed by atoms with van der Waals surface area (Å²) in [6, 6.07) is 14.6. The highest BCUT2D eigenvalue weighted by Gasteiger charge is 2.54. The van der Waals surface area contributed by atoms with Gasteiger partial charge in [0.25, 0.3) is 0 Å². The summed E-state index contributed by atoms with van der Waals surface area (Å²) in [4.78, 5) is 13.3. The first kappa shape index (κ1) is 19.2. The van der Waals surface area contributed by atoms with E-state index < -0.39 is 9.84 Å². The topological polar surface area (TPSA) is 63.2 Å². The molecule has 0 aromatic heterocycles. The number of benzene rings is 2. The lowest BCUT2D eigenvalue weighted by Gasteiger charge is -2.21. The van der Waals surface area contributed by atoms with Gasteiger partial charge in [-0.25, -0.2) is 8.42 Å². The fraction of sp³-hybridized carbons (Fsp3) is 0.435. The molecule has 1 amide bonds. The molecule has 0 bridgehead atoms. The summed E-state index contributed by atoms with van der Waals surface area (Å²) in [5, 5.41) is 3.23. The van der Waals surface area contributed by atoms with Gasteiger partial charge >= 0.3 is 0 Å². The highest BCUT2D eigenvalue weighted by molar-refractivity contribution is 7.90. The number of carbonyl (C=O) groups is 1. The number of sulfone groups is 1. The van der Waals surface area contributed by atoms with Crippen LogP contribution in [0.15, 0.2) is 53.4 Å². The van der Waals surface area contributed by atoms with E-state index in [2.05, 4.69) is 5.32 Å². The number of fused-ring (bicyclic) bond motifs is 1. The molecule has 0 heterocycles. The van der Waals surface area contributed by atoms with E-state index in [4.69, 9.17) is 0 Å². The van der Waals surface area contributed by atoms with Crippen molar-refractivity contribution in [3.63, 3.8) is 0 Å². The standard InChI is InChI=1S/C23H27NO3S/c1-15-10-12-16(13-11-15)22(17-6-5-7-18(14-17)28(2,26)27)24-23(25)21-19-8-3-4-9-20(19)21/h5-7,10-14,19-22H,3-4,8-9H2,1-2H3,(H,24,25)/t19-,20+,21?,22-/m0/s1. The molecule has 4 nitrogen and oxygen atoms in total. The largest absolute Gasteiger partial charge is 0.345 e. The van der Waals surface area contributed by atoms with Gasteiger partial charge in [-0.1, -0.05) is 54.8 Å². The molecule has 2 aromatic rings. The first-order chi connectivity index (χ1) is 13.3. The van der Waals surface area contributed by atoms with Crippen molar-refractivity contribution in [1.82, 2.24) is 5.32 Å². The van der Waals surface area contributed by atoms with Crippen molar-refractivity contribution in [2.45, 2.75) is 43.5 Å². The van der Waals surface area contributed by atoms with E-state index in [1.807, 2.05) is 37.3 Å². The fourth-order valence-electron chi connectivity index (χ4n) is 4.66. The Morgan fingerprint density at radius 2 is 1.64 bits per heavy atom. The van der Waals surface area contributed by atoms with Gasteiger partial charge < -0.3 is 5.32 Å². The molecule has 2 aliphatic rings. The lowest BCUT2D eigenvalue weighted by molar-refractivity contribution is -0.123.